The molecule has 0 aliphatic carbocycles. The molecule has 0 saturated carbocycles. The number of rotatable bonds is 7. The van der Waals surface area contributed by atoms with Crippen LogP contribution in [0.4, 0.5) is 0 Å². The fourth-order valence-electron chi connectivity index (χ4n) is 0.791. The quantitative estimate of drug-likeness (QED) is 0.488. The van der Waals surface area contributed by atoms with Crippen molar-refractivity contribution in [1.29, 1.82) is 0 Å². The second-order valence-corrected chi connectivity index (χ2v) is 3.22. The Morgan fingerprint density at radius 3 is 2.64 bits per heavy atom. The summed E-state index contributed by atoms with van der Waals surface area (Å²) in [6, 6.07) is -0.00365. The van der Waals surface area contributed by atoms with Crippen molar-refractivity contribution in [2.24, 2.45) is 0 Å². The molecule has 1 atom stereocenters. The van der Waals surface area contributed by atoms with Crippen LogP contribution in [0.25, 0.3) is 0 Å². The first-order valence-corrected chi connectivity index (χ1v) is 4.61. The van der Waals surface area contributed by atoms with Gasteiger partial charge < -0.3 is 14.8 Å². The number of carbonyl (C=O) groups excluding carboxylic acids is 1. The van der Waals surface area contributed by atoms with Gasteiger partial charge in [0.2, 0.25) is 5.91 Å². The van der Waals surface area contributed by atoms with Crippen molar-refractivity contribution in [3.8, 4) is 0 Å². The van der Waals surface area contributed by atoms with Gasteiger partial charge in [0.05, 0.1) is 19.8 Å². The van der Waals surface area contributed by atoms with E-state index in [9.17, 15) is 4.79 Å². The SMILES string of the molecule is C=C(C)C(=O)NC(C)COCCOC. The van der Waals surface area contributed by atoms with E-state index in [1.807, 2.05) is 6.92 Å². The highest BCUT2D eigenvalue weighted by Gasteiger charge is 2.06. The van der Waals surface area contributed by atoms with Crippen molar-refractivity contribution in [3.63, 3.8) is 0 Å². The monoisotopic (exact) mass is 201 g/mol. The van der Waals surface area contributed by atoms with Gasteiger partial charge in [-0.1, -0.05) is 6.58 Å². The molecule has 82 valence electrons. The summed E-state index contributed by atoms with van der Waals surface area (Å²) in [5, 5.41) is 2.75. The standard InChI is InChI=1S/C10H19NO3/c1-8(2)10(12)11-9(3)7-14-6-5-13-4/h9H,1,5-7H2,2-4H3,(H,11,12). The Balaban J connectivity index is 3.50. The van der Waals surface area contributed by atoms with Crippen LogP contribution in [0.3, 0.4) is 0 Å². The van der Waals surface area contributed by atoms with Gasteiger partial charge in [0.25, 0.3) is 0 Å². The number of nitrogens with one attached hydrogen (secondary N) is 1. The average molecular weight is 201 g/mol. The maximum atomic E-state index is 11.2. The van der Waals surface area contributed by atoms with Gasteiger partial charge in [-0.05, 0) is 13.8 Å². The smallest absolute Gasteiger partial charge is 0.246 e. The minimum Gasteiger partial charge on any atom is -0.382 e. The fourth-order valence-corrected chi connectivity index (χ4v) is 0.791. The lowest BCUT2D eigenvalue weighted by atomic mass is 10.3. The summed E-state index contributed by atoms with van der Waals surface area (Å²) in [4.78, 5) is 11.2. The molecule has 0 rings (SSSR count). The highest BCUT2D eigenvalue weighted by atomic mass is 16.5. The number of hydrogen-bond acceptors (Lipinski definition) is 3. The summed E-state index contributed by atoms with van der Waals surface area (Å²) in [5.74, 6) is -0.132. The molecule has 0 fully saturated rings. The molecule has 1 amide bonds. The molecule has 0 saturated heterocycles. The number of amides is 1. The summed E-state index contributed by atoms with van der Waals surface area (Å²) in [7, 11) is 1.62. The van der Waals surface area contributed by atoms with Crippen LogP contribution in [0, 0.1) is 0 Å². The lowest BCUT2D eigenvalue weighted by Crippen LogP contribution is -2.36. The van der Waals surface area contributed by atoms with Gasteiger partial charge in [-0.2, -0.15) is 0 Å². The Morgan fingerprint density at radius 2 is 2.14 bits per heavy atom. The van der Waals surface area contributed by atoms with E-state index < -0.39 is 0 Å². The summed E-state index contributed by atoms with van der Waals surface area (Å²) in [5.41, 5.74) is 0.508. The van der Waals surface area contributed by atoms with Crippen LogP contribution in [0.1, 0.15) is 13.8 Å². The van der Waals surface area contributed by atoms with E-state index in [0.29, 0.717) is 25.4 Å². The van der Waals surface area contributed by atoms with Crippen LogP contribution in [-0.4, -0.2) is 38.9 Å². The van der Waals surface area contributed by atoms with Gasteiger partial charge in [0.15, 0.2) is 0 Å². The van der Waals surface area contributed by atoms with Gasteiger partial charge in [0.1, 0.15) is 0 Å². The predicted octanol–water partition coefficient (Wildman–Crippen LogP) is 0.730. The number of carbonyl (C=O) groups is 1. The Morgan fingerprint density at radius 1 is 1.50 bits per heavy atom. The Kier molecular flexibility index (Phi) is 7.06. The third kappa shape index (κ3) is 6.62. The molecular weight excluding hydrogens is 182 g/mol. The molecule has 0 aromatic heterocycles. The normalized spacial score (nSPS) is 12.2. The Bertz CT molecular complexity index is 192. The third-order valence-corrected chi connectivity index (χ3v) is 1.56. The molecule has 4 heteroatoms. The van der Waals surface area contributed by atoms with Gasteiger partial charge in [-0.15, -0.1) is 0 Å². The first-order chi connectivity index (χ1) is 6.57. The fraction of sp³-hybridized carbons (Fsp3) is 0.700. The van der Waals surface area contributed by atoms with Crippen LogP contribution >= 0.6 is 0 Å². The average Bonchev–Trinajstić information content (AvgIpc) is 2.12. The van der Waals surface area contributed by atoms with Crippen LogP contribution in [-0.2, 0) is 14.3 Å². The van der Waals surface area contributed by atoms with Crippen molar-refractivity contribution in [2.75, 3.05) is 26.9 Å². The summed E-state index contributed by atoms with van der Waals surface area (Å²) in [6.07, 6.45) is 0. The van der Waals surface area contributed by atoms with Gasteiger partial charge in [0, 0.05) is 18.7 Å². The number of ether oxygens (including phenoxy) is 2. The highest BCUT2D eigenvalue weighted by molar-refractivity contribution is 5.92. The van der Waals surface area contributed by atoms with E-state index in [-0.39, 0.29) is 11.9 Å². The lowest BCUT2D eigenvalue weighted by molar-refractivity contribution is -0.118. The van der Waals surface area contributed by atoms with Crippen molar-refractivity contribution in [1.82, 2.24) is 5.32 Å². The van der Waals surface area contributed by atoms with Crippen LogP contribution in [0.5, 0.6) is 0 Å². The zero-order valence-corrected chi connectivity index (χ0v) is 9.13. The third-order valence-electron chi connectivity index (χ3n) is 1.56. The second kappa shape index (κ2) is 7.53. The highest BCUT2D eigenvalue weighted by Crippen LogP contribution is 1.90. The van der Waals surface area contributed by atoms with E-state index >= 15 is 0 Å². The second-order valence-electron chi connectivity index (χ2n) is 3.22. The molecular formula is C10H19NO3. The van der Waals surface area contributed by atoms with E-state index in [4.69, 9.17) is 9.47 Å². The topological polar surface area (TPSA) is 47.6 Å². The molecule has 0 aliphatic rings. The van der Waals surface area contributed by atoms with Crippen molar-refractivity contribution in [2.45, 2.75) is 19.9 Å². The van der Waals surface area contributed by atoms with Gasteiger partial charge in [-0.25, -0.2) is 0 Å². The van der Waals surface area contributed by atoms with Crippen molar-refractivity contribution >= 4 is 5.91 Å². The zero-order chi connectivity index (χ0) is 11.0. The molecule has 14 heavy (non-hydrogen) atoms. The molecule has 0 heterocycles. The van der Waals surface area contributed by atoms with E-state index in [1.54, 1.807) is 14.0 Å². The van der Waals surface area contributed by atoms with Crippen LogP contribution in [0.15, 0.2) is 12.2 Å². The van der Waals surface area contributed by atoms with E-state index in [1.165, 1.54) is 0 Å². The minimum absolute atomic E-state index is 0.00365. The molecule has 0 aliphatic heterocycles. The minimum atomic E-state index is -0.132. The first-order valence-electron chi connectivity index (χ1n) is 4.61. The lowest BCUT2D eigenvalue weighted by Gasteiger charge is -2.13. The molecule has 0 spiro atoms. The summed E-state index contributed by atoms with van der Waals surface area (Å²) < 4.78 is 10.1. The Hall–Kier alpha value is -0.870. The van der Waals surface area contributed by atoms with E-state index in [0.717, 1.165) is 0 Å². The maximum absolute atomic E-state index is 11.2. The molecule has 0 aromatic carbocycles. The summed E-state index contributed by atoms with van der Waals surface area (Å²) >= 11 is 0. The van der Waals surface area contributed by atoms with Crippen LogP contribution < -0.4 is 5.32 Å². The largest absolute Gasteiger partial charge is 0.382 e. The molecule has 0 radical (unpaired) electrons. The molecule has 0 bridgehead atoms. The first kappa shape index (κ1) is 13.1. The van der Waals surface area contributed by atoms with Crippen LogP contribution in [0.2, 0.25) is 0 Å². The van der Waals surface area contributed by atoms with Gasteiger partial charge in [-0.3, -0.25) is 4.79 Å². The predicted molar refractivity (Wildman–Crippen MR) is 55.1 cm³/mol. The summed E-state index contributed by atoms with van der Waals surface area (Å²) in [6.45, 7) is 8.71. The zero-order valence-electron chi connectivity index (χ0n) is 9.13. The molecule has 4 nitrogen and oxygen atoms in total. The number of hydrogen-bond donors (Lipinski definition) is 1. The van der Waals surface area contributed by atoms with Gasteiger partial charge >= 0.3 is 0 Å². The van der Waals surface area contributed by atoms with Crippen molar-refractivity contribution < 1.29 is 14.3 Å². The molecule has 1 N–H and O–H groups in total. The number of methoxy groups -OCH3 is 1. The molecule has 1 unspecified atom stereocenters. The molecule has 0 aromatic rings. The maximum Gasteiger partial charge on any atom is 0.246 e. The van der Waals surface area contributed by atoms with Crippen molar-refractivity contribution in [3.05, 3.63) is 12.2 Å². The van der Waals surface area contributed by atoms with E-state index in [2.05, 4.69) is 11.9 Å². The Labute approximate surface area is 85.3 Å².